The monoisotopic (exact) mass is 400 g/mol. The third kappa shape index (κ3) is 3.71. The Morgan fingerprint density at radius 3 is 2.80 bits per heavy atom. The molecule has 3 heterocycles. The topological polar surface area (TPSA) is 98.7 Å². The van der Waals surface area contributed by atoms with Crippen molar-refractivity contribution in [3.05, 3.63) is 77.6 Å². The van der Waals surface area contributed by atoms with Gasteiger partial charge in [0, 0.05) is 30.3 Å². The molecule has 0 aliphatic heterocycles. The van der Waals surface area contributed by atoms with Gasteiger partial charge in [-0.2, -0.15) is 5.10 Å². The lowest BCUT2D eigenvalue weighted by atomic mass is 10.1. The number of hydrogen-bond acceptors (Lipinski definition) is 6. The van der Waals surface area contributed by atoms with Crippen molar-refractivity contribution >= 4 is 5.91 Å². The van der Waals surface area contributed by atoms with E-state index < -0.39 is 0 Å². The first-order chi connectivity index (χ1) is 14.7. The van der Waals surface area contributed by atoms with Crippen LogP contribution < -0.4 is 5.32 Å². The Morgan fingerprint density at radius 1 is 1.17 bits per heavy atom. The second-order valence-corrected chi connectivity index (χ2v) is 7.32. The lowest BCUT2D eigenvalue weighted by molar-refractivity contribution is 0.0950. The smallest absolute Gasteiger partial charge is 0.268 e. The minimum atomic E-state index is -0.157. The second kappa shape index (κ2) is 7.55. The molecule has 30 heavy (non-hydrogen) atoms. The van der Waals surface area contributed by atoms with Gasteiger partial charge >= 0.3 is 0 Å². The molecular weight excluding hydrogens is 380 g/mol. The molecule has 0 radical (unpaired) electrons. The van der Waals surface area contributed by atoms with E-state index in [2.05, 4.69) is 20.5 Å². The van der Waals surface area contributed by atoms with Gasteiger partial charge in [-0.3, -0.25) is 9.78 Å². The first-order valence-electron chi connectivity index (χ1n) is 9.86. The molecule has 1 fully saturated rings. The molecule has 1 aliphatic carbocycles. The fourth-order valence-corrected chi connectivity index (χ4v) is 3.33. The van der Waals surface area contributed by atoms with E-state index in [-0.39, 0.29) is 5.91 Å². The summed E-state index contributed by atoms with van der Waals surface area (Å²) in [7, 11) is 0. The highest BCUT2D eigenvalue weighted by molar-refractivity contribution is 5.94. The summed E-state index contributed by atoms with van der Waals surface area (Å²) in [4.78, 5) is 16.9. The zero-order valence-corrected chi connectivity index (χ0v) is 16.4. The minimum Gasteiger partial charge on any atom is -0.420 e. The van der Waals surface area contributed by atoms with Crippen molar-refractivity contribution in [3.63, 3.8) is 0 Å². The van der Waals surface area contributed by atoms with Crippen LogP contribution >= 0.6 is 0 Å². The molecule has 8 heteroatoms. The number of nitrogens with one attached hydrogen (secondary N) is 1. The highest BCUT2D eigenvalue weighted by Gasteiger charge is 2.30. The molecule has 1 saturated carbocycles. The molecule has 1 aliphatic rings. The Bertz CT molecular complexity index is 1190. The summed E-state index contributed by atoms with van der Waals surface area (Å²) in [5, 5.41) is 15.6. The number of carbonyl (C=O) groups is 1. The SMILES string of the molecule is Cc1nnc(-c2cc(C3CC3)n(-c3cccc(C(=O)NCc4ccccn4)c3)n2)o1. The number of nitrogens with zero attached hydrogens (tertiary/aromatic N) is 5. The van der Waals surface area contributed by atoms with Gasteiger partial charge in [-0.25, -0.2) is 4.68 Å². The van der Waals surface area contributed by atoms with E-state index in [0.717, 1.165) is 29.9 Å². The summed E-state index contributed by atoms with van der Waals surface area (Å²) in [6.07, 6.45) is 3.96. The molecule has 0 atom stereocenters. The highest BCUT2D eigenvalue weighted by atomic mass is 16.4. The zero-order valence-electron chi connectivity index (χ0n) is 16.4. The van der Waals surface area contributed by atoms with Crippen molar-refractivity contribution in [2.24, 2.45) is 0 Å². The number of carbonyl (C=O) groups excluding carboxylic acids is 1. The average molecular weight is 400 g/mol. The molecule has 150 valence electrons. The van der Waals surface area contributed by atoms with Crippen molar-refractivity contribution < 1.29 is 9.21 Å². The van der Waals surface area contributed by atoms with Crippen LogP contribution in [0.5, 0.6) is 0 Å². The van der Waals surface area contributed by atoms with Crippen molar-refractivity contribution in [2.45, 2.75) is 32.2 Å². The maximum atomic E-state index is 12.7. The maximum Gasteiger partial charge on any atom is 0.268 e. The maximum absolute atomic E-state index is 12.7. The predicted octanol–water partition coefficient (Wildman–Crippen LogP) is 3.43. The lowest BCUT2D eigenvalue weighted by Crippen LogP contribution is -2.23. The Balaban J connectivity index is 1.42. The van der Waals surface area contributed by atoms with Gasteiger partial charge in [-0.05, 0) is 49.2 Å². The zero-order chi connectivity index (χ0) is 20.5. The Hall–Kier alpha value is -3.81. The molecule has 0 spiro atoms. The van der Waals surface area contributed by atoms with Crippen LogP contribution in [0.2, 0.25) is 0 Å². The Morgan fingerprint density at radius 2 is 2.07 bits per heavy atom. The van der Waals surface area contributed by atoms with Crippen LogP contribution in [0.3, 0.4) is 0 Å². The second-order valence-electron chi connectivity index (χ2n) is 7.32. The number of hydrogen-bond donors (Lipinski definition) is 1. The molecule has 8 nitrogen and oxygen atoms in total. The number of pyridine rings is 1. The van der Waals surface area contributed by atoms with Gasteiger partial charge < -0.3 is 9.73 Å². The fourth-order valence-electron chi connectivity index (χ4n) is 3.33. The van der Waals surface area contributed by atoms with E-state index in [1.165, 1.54) is 0 Å². The van der Waals surface area contributed by atoms with E-state index in [4.69, 9.17) is 9.52 Å². The third-order valence-corrected chi connectivity index (χ3v) is 4.99. The van der Waals surface area contributed by atoms with Crippen LogP contribution in [-0.2, 0) is 6.54 Å². The number of amides is 1. The standard InChI is InChI=1S/C22H20N6O2/c1-14-25-26-22(30-14)19-12-20(15-8-9-15)28(27-19)18-7-4-5-16(11-18)21(29)24-13-17-6-2-3-10-23-17/h2-7,10-12,15H,8-9,13H2,1H3,(H,24,29). The van der Waals surface area contributed by atoms with Crippen LogP contribution in [0.4, 0.5) is 0 Å². The Kier molecular flexibility index (Phi) is 4.59. The van der Waals surface area contributed by atoms with Gasteiger partial charge in [-0.1, -0.05) is 12.1 Å². The van der Waals surface area contributed by atoms with Gasteiger partial charge in [0.15, 0.2) is 0 Å². The summed E-state index contributed by atoms with van der Waals surface area (Å²) in [6.45, 7) is 2.13. The molecule has 5 rings (SSSR count). The first kappa shape index (κ1) is 18.2. The summed E-state index contributed by atoms with van der Waals surface area (Å²) < 4.78 is 7.42. The summed E-state index contributed by atoms with van der Waals surface area (Å²) in [6, 6.07) is 15.1. The predicted molar refractivity (Wildman–Crippen MR) is 109 cm³/mol. The van der Waals surface area contributed by atoms with Crippen molar-refractivity contribution in [3.8, 4) is 17.3 Å². The molecule has 0 unspecified atom stereocenters. The van der Waals surface area contributed by atoms with Crippen LogP contribution in [0, 0.1) is 6.92 Å². The quantitative estimate of drug-likeness (QED) is 0.532. The van der Waals surface area contributed by atoms with Gasteiger partial charge in [0.25, 0.3) is 11.8 Å². The molecule has 0 saturated heterocycles. The molecule has 1 amide bonds. The largest absolute Gasteiger partial charge is 0.420 e. The molecule has 4 aromatic rings. The first-order valence-corrected chi connectivity index (χ1v) is 9.86. The summed E-state index contributed by atoms with van der Waals surface area (Å²) in [5.41, 5.74) is 3.93. The average Bonchev–Trinajstić information content (AvgIpc) is 3.38. The number of aryl methyl sites for hydroxylation is 1. The number of benzene rings is 1. The van der Waals surface area contributed by atoms with Crippen LogP contribution in [0.15, 0.2) is 59.1 Å². The number of aromatic nitrogens is 5. The van der Waals surface area contributed by atoms with E-state index in [9.17, 15) is 4.79 Å². The van der Waals surface area contributed by atoms with E-state index in [1.807, 2.05) is 47.1 Å². The van der Waals surface area contributed by atoms with E-state index in [1.54, 1.807) is 19.2 Å². The van der Waals surface area contributed by atoms with Crippen LogP contribution in [-0.4, -0.2) is 30.9 Å². The summed E-state index contributed by atoms with van der Waals surface area (Å²) in [5.74, 6) is 1.20. The van der Waals surface area contributed by atoms with Crippen molar-refractivity contribution in [1.82, 2.24) is 30.3 Å². The van der Waals surface area contributed by atoms with Crippen molar-refractivity contribution in [1.29, 1.82) is 0 Å². The van der Waals surface area contributed by atoms with Crippen LogP contribution in [0.1, 0.15) is 46.4 Å². The van der Waals surface area contributed by atoms with E-state index >= 15 is 0 Å². The lowest BCUT2D eigenvalue weighted by Gasteiger charge is -2.09. The molecule has 1 aromatic carbocycles. The molecule has 3 aromatic heterocycles. The van der Waals surface area contributed by atoms with Gasteiger partial charge in [0.2, 0.25) is 5.89 Å². The van der Waals surface area contributed by atoms with Gasteiger partial charge in [0.05, 0.1) is 17.9 Å². The third-order valence-electron chi connectivity index (χ3n) is 4.99. The Labute approximate surface area is 173 Å². The minimum absolute atomic E-state index is 0.157. The molecule has 1 N–H and O–H groups in total. The fraction of sp³-hybridized carbons (Fsp3) is 0.227. The molecule has 0 bridgehead atoms. The van der Waals surface area contributed by atoms with E-state index in [0.29, 0.717) is 35.5 Å². The van der Waals surface area contributed by atoms with Gasteiger partial charge in [-0.15, -0.1) is 10.2 Å². The van der Waals surface area contributed by atoms with Crippen molar-refractivity contribution in [2.75, 3.05) is 0 Å². The highest BCUT2D eigenvalue weighted by Crippen LogP contribution is 2.42. The van der Waals surface area contributed by atoms with Gasteiger partial charge in [0.1, 0.15) is 5.69 Å². The normalized spacial score (nSPS) is 13.4. The molecular formula is C22H20N6O2. The van der Waals surface area contributed by atoms with Crippen LogP contribution in [0.25, 0.3) is 17.3 Å². The number of rotatable bonds is 6. The summed E-state index contributed by atoms with van der Waals surface area (Å²) >= 11 is 0.